The van der Waals surface area contributed by atoms with Crippen LogP contribution in [0.5, 0.6) is 0 Å². The van der Waals surface area contributed by atoms with E-state index in [0.29, 0.717) is 0 Å². The topological polar surface area (TPSA) is 67.6 Å². The molecule has 0 atom stereocenters. The van der Waals surface area contributed by atoms with Crippen LogP contribution >= 0.6 is 0 Å². The number of aromatic nitrogens is 4. The second-order valence-electron chi connectivity index (χ2n) is 2.23. The number of aryl methyl sites for hydroxylation is 2. The first-order valence-corrected chi connectivity index (χ1v) is 4.48. The van der Waals surface area contributed by atoms with E-state index in [1.807, 2.05) is 27.7 Å². The zero-order valence-corrected chi connectivity index (χ0v) is 8.98. The Balaban J connectivity index is 0.000000206. The lowest BCUT2D eigenvalue weighted by molar-refractivity contribution is 0.397. The maximum Gasteiger partial charge on any atom is 0.133 e. The maximum absolute atomic E-state index is 4.58. The third-order valence-electron chi connectivity index (χ3n) is 1.10. The molecule has 0 spiro atoms. The summed E-state index contributed by atoms with van der Waals surface area (Å²) >= 11 is 0. The van der Waals surface area contributed by atoms with Crippen LogP contribution < -0.4 is 0 Å². The summed E-state index contributed by atoms with van der Waals surface area (Å²) in [5.41, 5.74) is 0.926. The molecule has 0 fully saturated rings. The summed E-state index contributed by atoms with van der Waals surface area (Å²) in [6, 6.07) is 1.81. The van der Waals surface area contributed by atoms with Gasteiger partial charge in [0.25, 0.3) is 0 Å². The molecule has 1 N–H and O–H groups in total. The van der Waals surface area contributed by atoms with E-state index in [2.05, 4.69) is 25.1 Å². The van der Waals surface area contributed by atoms with Crippen molar-refractivity contribution in [3.8, 4) is 0 Å². The molecule has 2 heterocycles. The Hall–Kier alpha value is -1.65. The third kappa shape index (κ3) is 5.93. The number of rotatable bonds is 0. The van der Waals surface area contributed by atoms with Gasteiger partial charge in [-0.25, -0.2) is 0 Å². The van der Waals surface area contributed by atoms with Crippen LogP contribution in [-0.4, -0.2) is 20.6 Å². The minimum absolute atomic E-state index is 0.856. The quantitative estimate of drug-likeness (QED) is 0.700. The lowest BCUT2D eigenvalue weighted by atomic mass is 10.5. The lowest BCUT2D eigenvalue weighted by Crippen LogP contribution is -1.66. The molecule has 0 saturated carbocycles. The van der Waals surface area contributed by atoms with Gasteiger partial charge in [-0.05, 0) is 13.8 Å². The Labute approximate surface area is 83.5 Å². The van der Waals surface area contributed by atoms with Crippen molar-refractivity contribution in [3.05, 3.63) is 29.9 Å². The van der Waals surface area contributed by atoms with Crippen LogP contribution in [0.1, 0.15) is 25.3 Å². The van der Waals surface area contributed by atoms with Crippen molar-refractivity contribution in [1.29, 1.82) is 0 Å². The monoisotopic (exact) mass is 196 g/mol. The minimum atomic E-state index is 0.856. The van der Waals surface area contributed by atoms with Gasteiger partial charge in [0, 0.05) is 6.07 Å². The minimum Gasteiger partial charge on any atom is -0.362 e. The molecule has 0 unspecified atom stereocenters. The summed E-state index contributed by atoms with van der Waals surface area (Å²) in [5, 5.41) is 13.1. The molecule has 0 amide bonds. The molecule has 0 aliphatic heterocycles. The van der Waals surface area contributed by atoms with Crippen LogP contribution in [0.25, 0.3) is 0 Å². The van der Waals surface area contributed by atoms with Crippen molar-refractivity contribution in [1.82, 2.24) is 20.6 Å². The fraction of sp³-hybridized carbons (Fsp3) is 0.444. The molecule has 0 aliphatic carbocycles. The highest BCUT2D eigenvalue weighted by Crippen LogP contribution is 1.88. The number of nitrogens with zero attached hydrogens (tertiary/aromatic N) is 3. The standard InChI is InChI=1S/C4H5NO.C3H5N3.C2H6/c1-4-2-3-5-6-4;1-3-2-4-6-5-3;1-2/h2-3H,1H3;2H,1H3,(H,4,5,6);1-2H3. The highest BCUT2D eigenvalue weighted by atomic mass is 16.5. The number of aromatic amines is 1. The molecule has 2 aromatic rings. The average Bonchev–Trinajstić information content (AvgIpc) is 2.83. The van der Waals surface area contributed by atoms with E-state index < -0.39 is 0 Å². The SMILES string of the molecule is CC.Cc1ccno1.Cc1cn[nH]n1. The van der Waals surface area contributed by atoms with E-state index in [9.17, 15) is 0 Å². The van der Waals surface area contributed by atoms with Gasteiger partial charge in [0.05, 0.1) is 18.1 Å². The fourth-order valence-electron chi connectivity index (χ4n) is 0.538. The molecule has 0 bridgehead atoms. The van der Waals surface area contributed by atoms with Gasteiger partial charge >= 0.3 is 0 Å². The smallest absolute Gasteiger partial charge is 0.133 e. The van der Waals surface area contributed by atoms with Gasteiger partial charge < -0.3 is 4.52 Å². The molecule has 0 aliphatic rings. The van der Waals surface area contributed by atoms with Crippen molar-refractivity contribution in [2.24, 2.45) is 0 Å². The van der Waals surface area contributed by atoms with Crippen molar-refractivity contribution in [3.63, 3.8) is 0 Å². The summed E-state index contributed by atoms with van der Waals surface area (Å²) < 4.78 is 4.58. The number of nitrogens with one attached hydrogen (secondary N) is 1. The predicted octanol–water partition coefficient (Wildman–Crippen LogP) is 2.12. The fourth-order valence-corrected chi connectivity index (χ4v) is 0.538. The molecular weight excluding hydrogens is 180 g/mol. The van der Waals surface area contributed by atoms with Crippen molar-refractivity contribution in [2.45, 2.75) is 27.7 Å². The van der Waals surface area contributed by atoms with Gasteiger partial charge in [0.1, 0.15) is 5.76 Å². The number of hydrogen-bond acceptors (Lipinski definition) is 4. The van der Waals surface area contributed by atoms with Gasteiger partial charge in [0.15, 0.2) is 0 Å². The van der Waals surface area contributed by atoms with Gasteiger partial charge in [-0.15, -0.1) is 0 Å². The molecule has 5 heteroatoms. The molecule has 2 aromatic heterocycles. The van der Waals surface area contributed by atoms with E-state index in [4.69, 9.17) is 0 Å². The summed E-state index contributed by atoms with van der Waals surface area (Å²) in [6.45, 7) is 7.73. The Bertz CT molecular complexity index is 256. The summed E-state index contributed by atoms with van der Waals surface area (Å²) in [6.07, 6.45) is 3.29. The molecule has 5 nitrogen and oxygen atoms in total. The summed E-state index contributed by atoms with van der Waals surface area (Å²) in [4.78, 5) is 0. The largest absolute Gasteiger partial charge is 0.362 e. The van der Waals surface area contributed by atoms with Crippen LogP contribution in [-0.2, 0) is 0 Å². The van der Waals surface area contributed by atoms with Gasteiger partial charge in [-0.2, -0.15) is 15.4 Å². The molecule has 0 aromatic carbocycles. The first-order chi connectivity index (χ1) is 6.79. The van der Waals surface area contributed by atoms with E-state index in [0.717, 1.165) is 11.5 Å². The zero-order valence-electron chi connectivity index (χ0n) is 8.98. The Kier molecular flexibility index (Phi) is 7.03. The zero-order chi connectivity index (χ0) is 10.8. The Morgan fingerprint density at radius 2 is 2.00 bits per heavy atom. The molecule has 0 radical (unpaired) electrons. The summed E-state index contributed by atoms with van der Waals surface area (Å²) in [7, 11) is 0. The van der Waals surface area contributed by atoms with Gasteiger partial charge in [0.2, 0.25) is 0 Å². The second kappa shape index (κ2) is 7.97. The first kappa shape index (κ1) is 12.3. The number of H-pyrrole nitrogens is 1. The van der Waals surface area contributed by atoms with Crippen LogP contribution in [0.15, 0.2) is 23.0 Å². The lowest BCUT2D eigenvalue weighted by Gasteiger charge is -1.65. The first-order valence-electron chi connectivity index (χ1n) is 4.48. The average molecular weight is 196 g/mol. The highest BCUT2D eigenvalue weighted by molar-refractivity contribution is 4.87. The Morgan fingerprint density at radius 1 is 1.29 bits per heavy atom. The third-order valence-corrected chi connectivity index (χ3v) is 1.10. The van der Waals surface area contributed by atoms with Crippen LogP contribution in [0.3, 0.4) is 0 Å². The summed E-state index contributed by atoms with van der Waals surface area (Å²) in [5.74, 6) is 0.856. The molecule has 14 heavy (non-hydrogen) atoms. The van der Waals surface area contributed by atoms with Crippen LogP contribution in [0, 0.1) is 13.8 Å². The van der Waals surface area contributed by atoms with E-state index in [-0.39, 0.29) is 0 Å². The van der Waals surface area contributed by atoms with Crippen LogP contribution in [0.4, 0.5) is 0 Å². The van der Waals surface area contributed by atoms with Gasteiger partial charge in [-0.3, -0.25) is 0 Å². The highest BCUT2D eigenvalue weighted by Gasteiger charge is 1.78. The van der Waals surface area contributed by atoms with Crippen LogP contribution in [0.2, 0.25) is 0 Å². The molecule has 2 rings (SSSR count). The van der Waals surface area contributed by atoms with E-state index in [1.165, 1.54) is 0 Å². The normalized spacial score (nSPS) is 8.00. The van der Waals surface area contributed by atoms with Crippen molar-refractivity contribution >= 4 is 0 Å². The van der Waals surface area contributed by atoms with E-state index >= 15 is 0 Å². The van der Waals surface area contributed by atoms with Gasteiger partial charge in [-0.1, -0.05) is 19.0 Å². The maximum atomic E-state index is 4.58. The van der Waals surface area contributed by atoms with Crippen molar-refractivity contribution in [2.75, 3.05) is 0 Å². The Morgan fingerprint density at radius 3 is 2.14 bits per heavy atom. The predicted molar refractivity (Wildman–Crippen MR) is 53.7 cm³/mol. The number of hydrogen-bond donors (Lipinski definition) is 1. The van der Waals surface area contributed by atoms with E-state index in [1.54, 1.807) is 18.5 Å². The van der Waals surface area contributed by atoms with Crippen molar-refractivity contribution < 1.29 is 4.52 Å². The molecular formula is C9H16N4O. The molecule has 78 valence electrons. The second-order valence-corrected chi connectivity index (χ2v) is 2.23. The molecule has 0 saturated heterocycles.